The zero-order valence-electron chi connectivity index (χ0n) is 12.5. The minimum atomic E-state index is 0. The Hall–Kier alpha value is -0.820. The third-order valence-electron chi connectivity index (χ3n) is 3.16. The standard InChI is InChI=1S/C15H26N4.HI/c1-3-19(4-2)13-12-18-15(16)17-11-10-14-8-6-5-7-9-14;/h5-9H,3-4,10-13H2,1-2H3,(H3,16,17,18);1H. The minimum Gasteiger partial charge on any atom is -0.370 e. The van der Waals surface area contributed by atoms with Crippen LogP contribution in [-0.2, 0) is 6.42 Å². The van der Waals surface area contributed by atoms with Gasteiger partial charge in [0.05, 0.1) is 6.54 Å². The molecule has 0 spiro atoms. The van der Waals surface area contributed by atoms with Crippen molar-refractivity contribution in [1.29, 1.82) is 0 Å². The molecule has 0 aliphatic rings. The van der Waals surface area contributed by atoms with Crippen LogP contribution in [0, 0.1) is 0 Å². The van der Waals surface area contributed by atoms with Gasteiger partial charge in [0.15, 0.2) is 5.96 Å². The summed E-state index contributed by atoms with van der Waals surface area (Å²) in [6.45, 7) is 8.99. The number of aliphatic imine (C=N–C) groups is 1. The van der Waals surface area contributed by atoms with Crippen molar-refractivity contribution in [3.63, 3.8) is 0 Å². The van der Waals surface area contributed by atoms with Crippen molar-refractivity contribution >= 4 is 29.9 Å². The van der Waals surface area contributed by atoms with E-state index in [-0.39, 0.29) is 24.0 Å². The highest BCUT2D eigenvalue weighted by molar-refractivity contribution is 14.0. The van der Waals surface area contributed by atoms with Gasteiger partial charge in [-0.3, -0.25) is 4.99 Å². The van der Waals surface area contributed by atoms with Crippen LogP contribution in [0.1, 0.15) is 19.4 Å². The molecule has 0 unspecified atom stereocenters. The maximum Gasteiger partial charge on any atom is 0.188 e. The van der Waals surface area contributed by atoms with E-state index in [1.807, 2.05) is 6.07 Å². The van der Waals surface area contributed by atoms with E-state index in [4.69, 9.17) is 5.73 Å². The fourth-order valence-corrected chi connectivity index (χ4v) is 1.89. The molecule has 114 valence electrons. The molecule has 5 heteroatoms. The first kappa shape index (κ1) is 19.2. The summed E-state index contributed by atoms with van der Waals surface area (Å²) in [7, 11) is 0. The quantitative estimate of drug-likeness (QED) is 0.406. The lowest BCUT2D eigenvalue weighted by Gasteiger charge is -2.16. The van der Waals surface area contributed by atoms with Crippen LogP contribution in [0.4, 0.5) is 0 Å². The summed E-state index contributed by atoms with van der Waals surface area (Å²) in [6, 6.07) is 10.4. The average Bonchev–Trinajstić information content (AvgIpc) is 2.45. The number of likely N-dealkylation sites (N-methyl/N-ethyl adjacent to an activating group) is 1. The Morgan fingerprint density at radius 2 is 1.85 bits per heavy atom. The third kappa shape index (κ3) is 8.37. The fourth-order valence-electron chi connectivity index (χ4n) is 1.89. The molecule has 0 aromatic heterocycles. The van der Waals surface area contributed by atoms with Gasteiger partial charge >= 0.3 is 0 Å². The molecule has 0 bridgehead atoms. The number of nitrogens with one attached hydrogen (secondary N) is 1. The number of hydrogen-bond donors (Lipinski definition) is 2. The lowest BCUT2D eigenvalue weighted by Crippen LogP contribution is -2.34. The molecule has 0 fully saturated rings. The van der Waals surface area contributed by atoms with Crippen molar-refractivity contribution in [2.24, 2.45) is 10.7 Å². The van der Waals surface area contributed by atoms with Gasteiger partial charge < -0.3 is 16.0 Å². The Morgan fingerprint density at radius 1 is 1.20 bits per heavy atom. The Bertz CT molecular complexity index is 363. The molecule has 0 saturated carbocycles. The predicted molar refractivity (Wildman–Crippen MR) is 97.8 cm³/mol. The summed E-state index contributed by atoms with van der Waals surface area (Å²) < 4.78 is 0. The van der Waals surface area contributed by atoms with Gasteiger partial charge in [0, 0.05) is 13.1 Å². The Labute approximate surface area is 139 Å². The molecular formula is C15H27IN4. The Balaban J connectivity index is 0.00000361. The number of benzene rings is 1. The van der Waals surface area contributed by atoms with E-state index < -0.39 is 0 Å². The molecule has 20 heavy (non-hydrogen) atoms. The molecule has 0 radical (unpaired) electrons. The first-order valence-corrected chi connectivity index (χ1v) is 7.06. The number of rotatable bonds is 8. The van der Waals surface area contributed by atoms with Crippen LogP contribution < -0.4 is 11.1 Å². The zero-order valence-corrected chi connectivity index (χ0v) is 14.8. The molecule has 1 aromatic rings. The summed E-state index contributed by atoms with van der Waals surface area (Å²) in [5, 5.41) is 3.15. The Kier molecular flexibility index (Phi) is 11.5. The van der Waals surface area contributed by atoms with E-state index in [0.29, 0.717) is 5.96 Å². The van der Waals surface area contributed by atoms with Gasteiger partial charge in [-0.25, -0.2) is 0 Å². The van der Waals surface area contributed by atoms with Crippen LogP contribution in [0.25, 0.3) is 0 Å². The van der Waals surface area contributed by atoms with Crippen molar-refractivity contribution < 1.29 is 0 Å². The summed E-state index contributed by atoms with van der Waals surface area (Å²) in [5.41, 5.74) is 7.14. The number of nitrogens with zero attached hydrogens (tertiary/aromatic N) is 2. The van der Waals surface area contributed by atoms with E-state index in [0.717, 1.165) is 39.1 Å². The fraction of sp³-hybridized carbons (Fsp3) is 0.533. The van der Waals surface area contributed by atoms with Crippen molar-refractivity contribution in [1.82, 2.24) is 10.2 Å². The van der Waals surface area contributed by atoms with E-state index in [9.17, 15) is 0 Å². The lowest BCUT2D eigenvalue weighted by molar-refractivity contribution is 0.313. The van der Waals surface area contributed by atoms with Crippen LogP contribution >= 0.6 is 24.0 Å². The monoisotopic (exact) mass is 390 g/mol. The zero-order chi connectivity index (χ0) is 13.9. The molecule has 0 amide bonds. The summed E-state index contributed by atoms with van der Waals surface area (Å²) in [4.78, 5) is 6.67. The van der Waals surface area contributed by atoms with Gasteiger partial charge in [0.1, 0.15) is 0 Å². The second-order valence-electron chi connectivity index (χ2n) is 4.46. The third-order valence-corrected chi connectivity index (χ3v) is 3.16. The van der Waals surface area contributed by atoms with E-state index >= 15 is 0 Å². The first-order valence-electron chi connectivity index (χ1n) is 7.06. The maximum atomic E-state index is 5.83. The number of hydrogen-bond acceptors (Lipinski definition) is 2. The van der Waals surface area contributed by atoms with Crippen LogP contribution in [0.2, 0.25) is 0 Å². The number of nitrogens with two attached hydrogens (primary N) is 1. The molecule has 3 N–H and O–H groups in total. The van der Waals surface area contributed by atoms with Gasteiger partial charge in [-0.1, -0.05) is 44.2 Å². The summed E-state index contributed by atoms with van der Waals surface area (Å²) in [5.74, 6) is 0.545. The van der Waals surface area contributed by atoms with Crippen LogP contribution in [0.3, 0.4) is 0 Å². The molecular weight excluding hydrogens is 363 g/mol. The highest BCUT2D eigenvalue weighted by atomic mass is 127. The second-order valence-corrected chi connectivity index (χ2v) is 4.46. The average molecular weight is 390 g/mol. The topological polar surface area (TPSA) is 53.6 Å². The van der Waals surface area contributed by atoms with Crippen molar-refractivity contribution in [2.45, 2.75) is 20.3 Å². The van der Waals surface area contributed by atoms with E-state index in [1.54, 1.807) is 0 Å². The lowest BCUT2D eigenvalue weighted by atomic mass is 10.1. The molecule has 0 aliphatic carbocycles. The van der Waals surface area contributed by atoms with Crippen molar-refractivity contribution in [3.05, 3.63) is 35.9 Å². The summed E-state index contributed by atoms with van der Waals surface area (Å²) >= 11 is 0. The van der Waals surface area contributed by atoms with Crippen LogP contribution in [0.5, 0.6) is 0 Å². The highest BCUT2D eigenvalue weighted by Gasteiger charge is 1.97. The molecule has 0 saturated heterocycles. The van der Waals surface area contributed by atoms with Crippen molar-refractivity contribution in [2.75, 3.05) is 32.7 Å². The SMILES string of the molecule is CCN(CC)CCN=C(N)NCCc1ccccc1.I. The molecule has 0 heterocycles. The second kappa shape index (κ2) is 12.0. The number of guanidine groups is 1. The molecule has 1 rings (SSSR count). The maximum absolute atomic E-state index is 5.83. The van der Waals surface area contributed by atoms with Crippen LogP contribution in [-0.4, -0.2) is 43.6 Å². The van der Waals surface area contributed by atoms with E-state index in [2.05, 4.69) is 53.3 Å². The molecule has 1 aromatic carbocycles. The largest absolute Gasteiger partial charge is 0.370 e. The Morgan fingerprint density at radius 3 is 2.45 bits per heavy atom. The van der Waals surface area contributed by atoms with Gasteiger partial charge in [-0.15, -0.1) is 24.0 Å². The van der Waals surface area contributed by atoms with Crippen molar-refractivity contribution in [3.8, 4) is 0 Å². The van der Waals surface area contributed by atoms with Crippen LogP contribution in [0.15, 0.2) is 35.3 Å². The highest BCUT2D eigenvalue weighted by Crippen LogP contribution is 1.97. The first-order chi connectivity index (χ1) is 9.26. The predicted octanol–water partition coefficient (Wildman–Crippen LogP) is 2.09. The number of halogens is 1. The minimum absolute atomic E-state index is 0. The van der Waals surface area contributed by atoms with Gasteiger partial charge in [0.25, 0.3) is 0 Å². The smallest absolute Gasteiger partial charge is 0.188 e. The normalized spacial score (nSPS) is 11.2. The molecule has 0 aliphatic heterocycles. The van der Waals surface area contributed by atoms with Gasteiger partial charge in [-0.05, 0) is 25.1 Å². The van der Waals surface area contributed by atoms with E-state index in [1.165, 1.54) is 5.56 Å². The summed E-state index contributed by atoms with van der Waals surface area (Å²) in [6.07, 6.45) is 0.965. The molecule has 0 atom stereocenters. The van der Waals surface area contributed by atoms with Gasteiger partial charge in [-0.2, -0.15) is 0 Å². The van der Waals surface area contributed by atoms with Gasteiger partial charge in [0.2, 0.25) is 0 Å². The molecule has 4 nitrogen and oxygen atoms in total.